The Morgan fingerprint density at radius 3 is 2.95 bits per heavy atom. The van der Waals surface area contributed by atoms with E-state index in [1.807, 2.05) is 24.4 Å². The minimum atomic E-state index is -0.356. The predicted molar refractivity (Wildman–Crippen MR) is 85.7 cm³/mol. The Hall–Kier alpha value is -2.69. The van der Waals surface area contributed by atoms with Crippen molar-refractivity contribution in [2.75, 3.05) is 6.61 Å². The Balaban J connectivity index is 2.06. The summed E-state index contributed by atoms with van der Waals surface area (Å²) in [6, 6.07) is 7.37. The molecule has 0 spiro atoms. The van der Waals surface area contributed by atoms with E-state index in [0.29, 0.717) is 23.6 Å². The summed E-state index contributed by atoms with van der Waals surface area (Å²) in [4.78, 5) is 24.2. The van der Waals surface area contributed by atoms with Crippen LogP contribution in [0.5, 0.6) is 0 Å². The van der Waals surface area contributed by atoms with Gasteiger partial charge in [-0.25, -0.2) is 4.79 Å². The van der Waals surface area contributed by atoms with E-state index in [4.69, 9.17) is 4.74 Å². The average Bonchev–Trinajstić information content (AvgIpc) is 3.02. The molecule has 0 radical (unpaired) electrons. The molecule has 5 heteroatoms. The summed E-state index contributed by atoms with van der Waals surface area (Å²) in [6.45, 7) is 2.13. The third-order valence-electron chi connectivity index (χ3n) is 3.37. The number of hydrogen-bond donors (Lipinski definition) is 1. The maximum atomic E-state index is 12.2. The Bertz CT molecular complexity index is 730. The monoisotopic (exact) mass is 295 g/mol. The van der Waals surface area contributed by atoms with E-state index < -0.39 is 0 Å². The van der Waals surface area contributed by atoms with Crippen LogP contribution in [-0.2, 0) is 4.74 Å². The van der Waals surface area contributed by atoms with Gasteiger partial charge in [0.2, 0.25) is 0 Å². The highest BCUT2D eigenvalue weighted by Gasteiger charge is 2.20. The second kappa shape index (κ2) is 6.39. The van der Waals surface area contributed by atoms with Crippen molar-refractivity contribution in [3.05, 3.63) is 47.8 Å². The molecular weight excluding hydrogens is 278 g/mol. The van der Waals surface area contributed by atoms with Gasteiger partial charge in [0.15, 0.2) is 0 Å². The molecule has 22 heavy (non-hydrogen) atoms. The van der Waals surface area contributed by atoms with E-state index >= 15 is 0 Å². The van der Waals surface area contributed by atoms with E-state index in [0.717, 1.165) is 24.2 Å². The molecule has 5 nitrogen and oxygen atoms in total. The van der Waals surface area contributed by atoms with Crippen molar-refractivity contribution < 1.29 is 9.53 Å². The van der Waals surface area contributed by atoms with Gasteiger partial charge in [-0.3, -0.25) is 9.98 Å². The van der Waals surface area contributed by atoms with Crippen molar-refractivity contribution in [1.82, 2.24) is 9.97 Å². The number of carbonyl (C=O) groups is 1. The fraction of sp³-hybridized carbons (Fsp3) is 0.235. The Kier molecular flexibility index (Phi) is 4.14. The van der Waals surface area contributed by atoms with Crippen LogP contribution in [0.25, 0.3) is 17.1 Å². The zero-order valence-electron chi connectivity index (χ0n) is 12.4. The molecule has 0 aliphatic carbocycles. The van der Waals surface area contributed by atoms with Crippen LogP contribution >= 0.6 is 0 Å². The highest BCUT2D eigenvalue weighted by atomic mass is 16.5. The van der Waals surface area contributed by atoms with Gasteiger partial charge in [0.05, 0.1) is 34.9 Å². The number of hydrogen-bond acceptors (Lipinski definition) is 4. The first-order valence-corrected chi connectivity index (χ1v) is 7.34. The lowest BCUT2D eigenvalue weighted by Gasteiger charge is -2.04. The molecule has 0 unspecified atom stereocenters. The molecule has 1 aliphatic rings. The van der Waals surface area contributed by atoms with Gasteiger partial charge in [-0.05, 0) is 38.0 Å². The smallest absolute Gasteiger partial charge is 0.340 e. The summed E-state index contributed by atoms with van der Waals surface area (Å²) >= 11 is 0. The minimum Gasteiger partial charge on any atom is -0.462 e. The lowest BCUT2D eigenvalue weighted by molar-refractivity contribution is 0.0527. The maximum Gasteiger partial charge on any atom is 0.340 e. The van der Waals surface area contributed by atoms with E-state index in [1.54, 1.807) is 19.2 Å². The van der Waals surface area contributed by atoms with Gasteiger partial charge in [0, 0.05) is 12.4 Å². The lowest BCUT2D eigenvalue weighted by Crippen LogP contribution is -2.05. The first kappa shape index (κ1) is 14.3. The second-order valence-electron chi connectivity index (χ2n) is 4.89. The van der Waals surface area contributed by atoms with Crippen LogP contribution in [-0.4, -0.2) is 28.8 Å². The molecule has 0 saturated carbocycles. The molecule has 112 valence electrons. The SMILES string of the molecule is CCOC(=O)c1cc(C2=CCCC=N2)[nH]c1-c1ccccn1. The number of aliphatic imine (C=N–C) groups is 1. The van der Waals surface area contributed by atoms with Crippen molar-refractivity contribution in [2.24, 2.45) is 4.99 Å². The molecule has 2 aromatic heterocycles. The first-order valence-electron chi connectivity index (χ1n) is 7.34. The molecule has 0 amide bonds. The zero-order valence-corrected chi connectivity index (χ0v) is 12.4. The van der Waals surface area contributed by atoms with E-state index in [-0.39, 0.29) is 5.97 Å². The van der Waals surface area contributed by atoms with Crippen LogP contribution in [0.3, 0.4) is 0 Å². The Morgan fingerprint density at radius 2 is 2.27 bits per heavy atom. The number of nitrogens with one attached hydrogen (secondary N) is 1. The number of esters is 1. The number of nitrogens with zero attached hydrogens (tertiary/aromatic N) is 2. The topological polar surface area (TPSA) is 67.3 Å². The number of carbonyl (C=O) groups excluding carboxylic acids is 1. The summed E-state index contributed by atoms with van der Waals surface area (Å²) in [5.41, 5.74) is 3.50. The number of ether oxygens (including phenoxy) is 1. The highest BCUT2D eigenvalue weighted by Crippen LogP contribution is 2.28. The summed E-state index contributed by atoms with van der Waals surface area (Å²) in [7, 11) is 0. The van der Waals surface area contributed by atoms with Crippen LogP contribution < -0.4 is 0 Å². The van der Waals surface area contributed by atoms with E-state index in [1.165, 1.54) is 0 Å². The van der Waals surface area contributed by atoms with E-state index in [2.05, 4.69) is 21.0 Å². The number of aromatic amines is 1. The molecule has 3 rings (SSSR count). The average molecular weight is 295 g/mol. The van der Waals surface area contributed by atoms with Crippen molar-refractivity contribution in [1.29, 1.82) is 0 Å². The largest absolute Gasteiger partial charge is 0.462 e. The molecule has 1 N–H and O–H groups in total. The fourth-order valence-electron chi connectivity index (χ4n) is 2.36. The third kappa shape index (κ3) is 2.83. The van der Waals surface area contributed by atoms with Gasteiger partial charge in [-0.15, -0.1) is 0 Å². The normalized spacial score (nSPS) is 13.8. The molecule has 0 atom stereocenters. The maximum absolute atomic E-state index is 12.2. The van der Waals surface area contributed by atoms with Crippen LogP contribution in [0.2, 0.25) is 0 Å². The quantitative estimate of drug-likeness (QED) is 0.878. The molecule has 3 heterocycles. The van der Waals surface area contributed by atoms with Gasteiger partial charge in [-0.2, -0.15) is 0 Å². The van der Waals surface area contributed by atoms with Gasteiger partial charge in [0.1, 0.15) is 0 Å². The number of H-pyrrole nitrogens is 1. The molecule has 2 aromatic rings. The van der Waals surface area contributed by atoms with Crippen LogP contribution in [0, 0.1) is 0 Å². The zero-order chi connectivity index (χ0) is 15.4. The van der Waals surface area contributed by atoms with Gasteiger partial charge in [0.25, 0.3) is 0 Å². The standard InChI is InChI=1S/C17H17N3O2/c1-2-22-17(21)12-11-15(13-7-3-5-9-18-13)20-16(12)14-8-4-6-10-19-14/h4,6-11,20H,2-3,5H2,1H3. The molecule has 0 aromatic carbocycles. The second-order valence-corrected chi connectivity index (χ2v) is 4.89. The predicted octanol–water partition coefficient (Wildman–Crippen LogP) is 3.46. The van der Waals surface area contributed by atoms with Gasteiger partial charge < -0.3 is 9.72 Å². The number of rotatable bonds is 4. The van der Waals surface area contributed by atoms with E-state index in [9.17, 15) is 4.79 Å². The number of pyridine rings is 1. The molecule has 0 bridgehead atoms. The van der Waals surface area contributed by atoms with Crippen molar-refractivity contribution >= 4 is 17.9 Å². The lowest BCUT2D eigenvalue weighted by atomic mass is 10.1. The van der Waals surface area contributed by atoms with Crippen molar-refractivity contribution in [2.45, 2.75) is 19.8 Å². The third-order valence-corrected chi connectivity index (χ3v) is 3.37. The fourth-order valence-corrected chi connectivity index (χ4v) is 2.36. The van der Waals surface area contributed by atoms with Crippen molar-refractivity contribution in [3.8, 4) is 11.4 Å². The summed E-state index contributed by atoms with van der Waals surface area (Å²) in [5, 5.41) is 0. The van der Waals surface area contributed by atoms with Crippen LogP contribution in [0.4, 0.5) is 0 Å². The molecule has 0 fully saturated rings. The highest BCUT2D eigenvalue weighted by molar-refractivity contribution is 5.97. The van der Waals surface area contributed by atoms with Crippen molar-refractivity contribution in [3.63, 3.8) is 0 Å². The van der Waals surface area contributed by atoms with Gasteiger partial charge in [-0.1, -0.05) is 12.1 Å². The molecule has 1 aliphatic heterocycles. The summed E-state index contributed by atoms with van der Waals surface area (Å²) in [6.07, 6.45) is 7.54. The molecule has 0 saturated heterocycles. The molecular formula is C17H17N3O2. The number of allylic oxidation sites excluding steroid dienone is 1. The van der Waals surface area contributed by atoms with Crippen LogP contribution in [0.15, 0.2) is 41.5 Å². The van der Waals surface area contributed by atoms with Crippen LogP contribution in [0.1, 0.15) is 35.8 Å². The first-order chi connectivity index (χ1) is 10.8. The minimum absolute atomic E-state index is 0.335. The summed E-state index contributed by atoms with van der Waals surface area (Å²) in [5.74, 6) is -0.356. The number of aromatic nitrogens is 2. The Morgan fingerprint density at radius 1 is 1.36 bits per heavy atom. The summed E-state index contributed by atoms with van der Waals surface area (Å²) < 4.78 is 5.15. The van der Waals surface area contributed by atoms with Gasteiger partial charge >= 0.3 is 5.97 Å². The Labute approximate surface area is 128 Å².